The minimum absolute atomic E-state index is 0.0845. The fourth-order valence-electron chi connectivity index (χ4n) is 3.42. The SMILES string of the molecule is C#CCOCCOCCOCCNc1ccc2c(c1)C(=O)N(C1CCC(=O)NC1=O)C2=O. The van der Waals surface area contributed by atoms with Crippen LogP contribution in [0.4, 0.5) is 5.69 Å². The molecular weight excluding hydrogens is 418 g/mol. The minimum atomic E-state index is -0.976. The number of fused-ring (bicyclic) bond motifs is 1. The molecule has 1 fully saturated rings. The Morgan fingerprint density at radius 2 is 1.69 bits per heavy atom. The third-order valence-corrected chi connectivity index (χ3v) is 4.94. The molecule has 10 heteroatoms. The van der Waals surface area contributed by atoms with Gasteiger partial charge in [0.2, 0.25) is 11.8 Å². The number of terminal acetylenes is 1. The molecule has 1 unspecified atom stereocenters. The van der Waals surface area contributed by atoms with Crippen molar-refractivity contribution >= 4 is 29.3 Å². The van der Waals surface area contributed by atoms with Crippen LogP contribution < -0.4 is 10.6 Å². The van der Waals surface area contributed by atoms with Crippen LogP contribution in [0.2, 0.25) is 0 Å². The zero-order chi connectivity index (χ0) is 22.9. The van der Waals surface area contributed by atoms with E-state index in [2.05, 4.69) is 16.6 Å². The summed E-state index contributed by atoms with van der Waals surface area (Å²) in [5.41, 5.74) is 1.12. The van der Waals surface area contributed by atoms with E-state index in [1.165, 1.54) is 0 Å². The highest BCUT2D eigenvalue weighted by Crippen LogP contribution is 2.29. The van der Waals surface area contributed by atoms with Gasteiger partial charge >= 0.3 is 0 Å². The Morgan fingerprint density at radius 1 is 1.00 bits per heavy atom. The van der Waals surface area contributed by atoms with Crippen LogP contribution in [0.1, 0.15) is 33.6 Å². The highest BCUT2D eigenvalue weighted by Gasteiger charge is 2.44. The molecule has 10 nitrogen and oxygen atoms in total. The predicted molar refractivity (Wildman–Crippen MR) is 113 cm³/mol. The van der Waals surface area contributed by atoms with Crippen LogP contribution in [0.25, 0.3) is 0 Å². The van der Waals surface area contributed by atoms with Gasteiger partial charge in [-0.05, 0) is 24.6 Å². The molecule has 0 bridgehead atoms. The highest BCUT2D eigenvalue weighted by molar-refractivity contribution is 6.23. The zero-order valence-electron chi connectivity index (χ0n) is 17.6. The highest BCUT2D eigenvalue weighted by atomic mass is 16.5. The van der Waals surface area contributed by atoms with E-state index in [9.17, 15) is 19.2 Å². The van der Waals surface area contributed by atoms with Crippen LogP contribution >= 0.6 is 0 Å². The number of imide groups is 2. The Morgan fingerprint density at radius 3 is 2.41 bits per heavy atom. The largest absolute Gasteiger partial charge is 0.383 e. The standard InChI is InChI=1S/C22H25N3O7/c1-2-8-30-10-12-32-13-11-31-9-7-23-15-3-4-16-17(14-15)22(29)25(21(16)28)18-5-6-19(26)24-20(18)27/h1,3-4,14,18,23H,5-13H2,(H,24,26,27). The summed E-state index contributed by atoms with van der Waals surface area (Å²) in [7, 11) is 0. The average Bonchev–Trinajstić information content (AvgIpc) is 3.02. The summed E-state index contributed by atoms with van der Waals surface area (Å²) in [6.07, 6.45) is 5.27. The molecule has 32 heavy (non-hydrogen) atoms. The first-order valence-corrected chi connectivity index (χ1v) is 10.3. The van der Waals surface area contributed by atoms with Crippen molar-refractivity contribution in [3.63, 3.8) is 0 Å². The lowest BCUT2D eigenvalue weighted by Crippen LogP contribution is -2.54. The van der Waals surface area contributed by atoms with Crippen molar-refractivity contribution in [2.45, 2.75) is 18.9 Å². The van der Waals surface area contributed by atoms with Crippen molar-refractivity contribution < 1.29 is 33.4 Å². The lowest BCUT2D eigenvalue weighted by Gasteiger charge is -2.27. The molecule has 1 aromatic carbocycles. The maximum absolute atomic E-state index is 12.8. The molecule has 4 amide bonds. The second-order valence-corrected chi connectivity index (χ2v) is 7.12. The quantitative estimate of drug-likeness (QED) is 0.267. The predicted octanol–water partition coefficient (Wildman–Crippen LogP) is 0.183. The van der Waals surface area contributed by atoms with E-state index in [-0.39, 0.29) is 30.6 Å². The molecule has 2 heterocycles. The number of hydrogen-bond donors (Lipinski definition) is 2. The van der Waals surface area contributed by atoms with Crippen molar-refractivity contribution in [2.75, 3.05) is 51.5 Å². The first-order valence-electron chi connectivity index (χ1n) is 10.3. The number of nitrogens with one attached hydrogen (secondary N) is 2. The molecular formula is C22H25N3O7. The summed E-state index contributed by atoms with van der Waals surface area (Å²) < 4.78 is 15.9. The number of rotatable bonds is 12. The molecule has 0 radical (unpaired) electrons. The first-order chi connectivity index (χ1) is 15.5. The lowest BCUT2D eigenvalue weighted by molar-refractivity contribution is -0.136. The summed E-state index contributed by atoms with van der Waals surface area (Å²) in [6, 6.07) is 3.86. The van der Waals surface area contributed by atoms with Gasteiger partial charge in [-0.3, -0.25) is 29.4 Å². The summed E-state index contributed by atoms with van der Waals surface area (Å²) in [5, 5.41) is 5.31. The van der Waals surface area contributed by atoms with E-state index >= 15 is 0 Å². The van der Waals surface area contributed by atoms with Crippen LogP contribution in [-0.2, 0) is 23.8 Å². The second kappa shape index (κ2) is 11.4. The van der Waals surface area contributed by atoms with Crippen molar-refractivity contribution in [1.29, 1.82) is 0 Å². The van der Waals surface area contributed by atoms with Gasteiger partial charge in [-0.15, -0.1) is 6.42 Å². The van der Waals surface area contributed by atoms with Crippen molar-refractivity contribution in [3.05, 3.63) is 29.3 Å². The van der Waals surface area contributed by atoms with E-state index in [0.29, 0.717) is 45.3 Å². The maximum Gasteiger partial charge on any atom is 0.262 e. The number of benzene rings is 1. The fraction of sp³-hybridized carbons (Fsp3) is 0.455. The number of carbonyl (C=O) groups is 4. The third kappa shape index (κ3) is 5.70. The van der Waals surface area contributed by atoms with Crippen molar-refractivity contribution in [2.24, 2.45) is 0 Å². The number of carbonyl (C=O) groups excluding carboxylic acids is 4. The topological polar surface area (TPSA) is 123 Å². The maximum atomic E-state index is 12.8. The molecule has 2 N–H and O–H groups in total. The minimum Gasteiger partial charge on any atom is -0.383 e. The molecule has 2 aliphatic heterocycles. The number of anilines is 1. The molecule has 1 atom stereocenters. The number of nitrogens with zero attached hydrogens (tertiary/aromatic N) is 1. The molecule has 0 spiro atoms. The van der Waals surface area contributed by atoms with Crippen LogP contribution in [0.15, 0.2) is 18.2 Å². The van der Waals surface area contributed by atoms with E-state index < -0.39 is 29.7 Å². The Labute approximate surface area is 185 Å². The van der Waals surface area contributed by atoms with Crippen LogP contribution in [0.5, 0.6) is 0 Å². The smallest absolute Gasteiger partial charge is 0.262 e. The number of ether oxygens (including phenoxy) is 3. The Hall–Kier alpha value is -3.26. The fourth-order valence-corrected chi connectivity index (χ4v) is 3.42. The van der Waals surface area contributed by atoms with Gasteiger partial charge in [-0.2, -0.15) is 0 Å². The van der Waals surface area contributed by atoms with Gasteiger partial charge in [0.05, 0.1) is 44.2 Å². The Kier molecular flexibility index (Phi) is 8.33. The van der Waals surface area contributed by atoms with E-state index in [0.717, 1.165) is 4.90 Å². The van der Waals surface area contributed by atoms with Crippen molar-refractivity contribution in [1.82, 2.24) is 10.2 Å². The molecule has 0 aliphatic carbocycles. The van der Waals surface area contributed by atoms with Gasteiger partial charge in [0.1, 0.15) is 12.6 Å². The summed E-state index contributed by atoms with van der Waals surface area (Å²) in [6.45, 7) is 2.92. The van der Waals surface area contributed by atoms with Gasteiger partial charge < -0.3 is 19.5 Å². The number of amides is 4. The van der Waals surface area contributed by atoms with Crippen LogP contribution in [-0.4, -0.2) is 80.8 Å². The van der Waals surface area contributed by atoms with Crippen LogP contribution in [0, 0.1) is 12.3 Å². The molecule has 2 aliphatic rings. The molecule has 1 saturated heterocycles. The summed E-state index contributed by atoms with van der Waals surface area (Å²) in [4.78, 5) is 49.9. The van der Waals surface area contributed by atoms with E-state index in [4.69, 9.17) is 20.6 Å². The monoisotopic (exact) mass is 443 g/mol. The third-order valence-electron chi connectivity index (χ3n) is 4.94. The lowest BCUT2D eigenvalue weighted by atomic mass is 10.0. The number of hydrogen-bond acceptors (Lipinski definition) is 8. The van der Waals surface area contributed by atoms with Gasteiger partial charge in [-0.25, -0.2) is 0 Å². The van der Waals surface area contributed by atoms with Gasteiger partial charge in [0, 0.05) is 18.7 Å². The van der Waals surface area contributed by atoms with Gasteiger partial charge in [0.15, 0.2) is 0 Å². The molecule has 1 aromatic rings. The molecule has 0 saturated carbocycles. The summed E-state index contributed by atoms with van der Waals surface area (Å²) >= 11 is 0. The molecule has 170 valence electrons. The zero-order valence-corrected chi connectivity index (χ0v) is 17.6. The number of piperidine rings is 1. The Bertz CT molecular complexity index is 925. The van der Waals surface area contributed by atoms with E-state index in [1.807, 2.05) is 0 Å². The van der Waals surface area contributed by atoms with Crippen molar-refractivity contribution in [3.8, 4) is 12.3 Å². The normalized spacial score (nSPS) is 17.8. The Balaban J connectivity index is 1.42. The van der Waals surface area contributed by atoms with E-state index in [1.54, 1.807) is 18.2 Å². The summed E-state index contributed by atoms with van der Waals surface area (Å²) in [5.74, 6) is 0.268. The van der Waals surface area contributed by atoms with Gasteiger partial charge in [-0.1, -0.05) is 5.92 Å². The average molecular weight is 443 g/mol. The molecule has 3 rings (SSSR count). The van der Waals surface area contributed by atoms with Crippen LogP contribution in [0.3, 0.4) is 0 Å². The molecule has 0 aromatic heterocycles. The first kappa shape index (κ1) is 23.4. The second-order valence-electron chi connectivity index (χ2n) is 7.12. The van der Waals surface area contributed by atoms with Gasteiger partial charge in [0.25, 0.3) is 11.8 Å².